The summed E-state index contributed by atoms with van der Waals surface area (Å²) in [6.07, 6.45) is 0.832. The molecule has 1 aliphatic heterocycles. The van der Waals surface area contributed by atoms with Crippen LogP contribution in [0.4, 0.5) is 0 Å². The molecule has 1 aliphatic rings. The van der Waals surface area contributed by atoms with E-state index in [2.05, 4.69) is 34.3 Å². The van der Waals surface area contributed by atoms with Crippen molar-refractivity contribution in [3.05, 3.63) is 59.5 Å². The molecule has 2 atom stereocenters. The number of ether oxygens (including phenoxy) is 1. The monoisotopic (exact) mass is 485 g/mol. The highest BCUT2D eigenvalue weighted by molar-refractivity contribution is 14.0. The van der Waals surface area contributed by atoms with Gasteiger partial charge in [-0.2, -0.15) is 0 Å². The third-order valence-corrected chi connectivity index (χ3v) is 4.52. The van der Waals surface area contributed by atoms with Crippen molar-refractivity contribution in [1.29, 1.82) is 0 Å². The summed E-state index contributed by atoms with van der Waals surface area (Å²) >= 11 is 0. The molecule has 1 aromatic carbocycles. The maximum atomic E-state index is 10.2. The van der Waals surface area contributed by atoms with Crippen LogP contribution < -0.4 is 5.32 Å². The fourth-order valence-electron chi connectivity index (χ4n) is 3.15. The highest BCUT2D eigenvalue weighted by Gasteiger charge is 2.25. The Morgan fingerprint density at radius 3 is 2.85 bits per heavy atom. The van der Waals surface area contributed by atoms with E-state index in [4.69, 9.17) is 9.15 Å². The Hall–Kier alpha value is -1.58. The van der Waals surface area contributed by atoms with E-state index in [1.807, 2.05) is 19.1 Å². The molecular formula is C20H28IN3O3. The van der Waals surface area contributed by atoms with Crippen LogP contribution in [0.1, 0.15) is 36.0 Å². The average Bonchev–Trinajstić information content (AvgIpc) is 3.20. The number of aryl methyl sites for hydroxylation is 1. The maximum Gasteiger partial charge on any atom is 0.194 e. The number of nitrogens with zero attached hydrogens (tertiary/aromatic N) is 2. The number of hydrogen-bond donors (Lipinski definition) is 2. The minimum Gasteiger partial charge on any atom is -0.467 e. The number of hydrogen-bond acceptors (Lipinski definition) is 4. The second-order valence-electron chi connectivity index (χ2n) is 6.39. The molecular weight excluding hydrogens is 457 g/mol. The number of morpholine rings is 1. The number of aliphatic hydroxyl groups is 1. The van der Waals surface area contributed by atoms with Crippen molar-refractivity contribution in [2.24, 2.45) is 4.99 Å². The summed E-state index contributed by atoms with van der Waals surface area (Å²) in [6, 6.07) is 11.8. The van der Waals surface area contributed by atoms with E-state index in [9.17, 15) is 5.11 Å². The zero-order chi connectivity index (χ0) is 18.4. The molecule has 3 rings (SSSR count). The molecule has 2 heterocycles. The Kier molecular flexibility index (Phi) is 8.59. The molecule has 7 heteroatoms. The summed E-state index contributed by atoms with van der Waals surface area (Å²) in [7, 11) is 0. The minimum atomic E-state index is -0.744. The minimum absolute atomic E-state index is 0. The summed E-state index contributed by atoms with van der Waals surface area (Å²) < 4.78 is 11.2. The lowest BCUT2D eigenvalue weighted by molar-refractivity contribution is -0.00841. The number of aliphatic imine (C=N–C) groups is 1. The van der Waals surface area contributed by atoms with Gasteiger partial charge in [-0.15, -0.1) is 24.0 Å². The molecule has 0 bridgehead atoms. The lowest BCUT2D eigenvalue weighted by atomic mass is 10.0. The SMILES string of the molecule is CCNC(=NCC(O)c1ccco1)N1CCOC(c2ccccc2C)C1.I. The van der Waals surface area contributed by atoms with Gasteiger partial charge in [0.15, 0.2) is 5.96 Å². The first-order valence-electron chi connectivity index (χ1n) is 9.11. The fraction of sp³-hybridized carbons (Fsp3) is 0.450. The molecule has 2 N–H and O–H groups in total. The van der Waals surface area contributed by atoms with Gasteiger partial charge in [-0.25, -0.2) is 4.99 Å². The molecule has 27 heavy (non-hydrogen) atoms. The van der Waals surface area contributed by atoms with Gasteiger partial charge in [0, 0.05) is 13.1 Å². The fourth-order valence-corrected chi connectivity index (χ4v) is 3.15. The number of rotatable bonds is 5. The molecule has 0 saturated carbocycles. The van der Waals surface area contributed by atoms with Crippen LogP contribution in [0.3, 0.4) is 0 Å². The normalized spacial score (nSPS) is 18.7. The van der Waals surface area contributed by atoms with Crippen LogP contribution in [0.25, 0.3) is 0 Å². The quantitative estimate of drug-likeness (QED) is 0.387. The summed E-state index contributed by atoms with van der Waals surface area (Å²) in [6.45, 7) is 7.31. The van der Waals surface area contributed by atoms with E-state index in [1.54, 1.807) is 18.4 Å². The van der Waals surface area contributed by atoms with E-state index in [0.717, 1.165) is 25.6 Å². The van der Waals surface area contributed by atoms with Gasteiger partial charge in [0.2, 0.25) is 0 Å². The molecule has 6 nitrogen and oxygen atoms in total. The van der Waals surface area contributed by atoms with Crippen molar-refractivity contribution in [3.63, 3.8) is 0 Å². The van der Waals surface area contributed by atoms with Crippen LogP contribution in [0.15, 0.2) is 52.1 Å². The summed E-state index contributed by atoms with van der Waals surface area (Å²) in [5.41, 5.74) is 2.44. The van der Waals surface area contributed by atoms with Gasteiger partial charge in [0.1, 0.15) is 18.0 Å². The molecule has 0 spiro atoms. The Bertz CT molecular complexity index is 721. The smallest absolute Gasteiger partial charge is 0.194 e. The van der Waals surface area contributed by atoms with Gasteiger partial charge in [0.25, 0.3) is 0 Å². The number of nitrogens with one attached hydrogen (secondary N) is 1. The molecule has 1 saturated heterocycles. The lowest BCUT2D eigenvalue weighted by Crippen LogP contribution is -2.48. The van der Waals surface area contributed by atoms with Crippen molar-refractivity contribution in [2.75, 3.05) is 32.8 Å². The zero-order valence-electron chi connectivity index (χ0n) is 15.8. The van der Waals surface area contributed by atoms with Crippen molar-refractivity contribution in [1.82, 2.24) is 10.2 Å². The largest absolute Gasteiger partial charge is 0.467 e. The van der Waals surface area contributed by atoms with E-state index in [-0.39, 0.29) is 36.6 Å². The van der Waals surface area contributed by atoms with Crippen molar-refractivity contribution in [3.8, 4) is 0 Å². The average molecular weight is 485 g/mol. The Morgan fingerprint density at radius 2 is 2.15 bits per heavy atom. The predicted molar refractivity (Wildman–Crippen MR) is 117 cm³/mol. The Balaban J connectivity index is 0.00000261. The first-order chi connectivity index (χ1) is 12.7. The first kappa shape index (κ1) is 21.7. The lowest BCUT2D eigenvalue weighted by Gasteiger charge is -2.36. The highest BCUT2D eigenvalue weighted by atomic mass is 127. The number of furan rings is 1. The molecule has 0 radical (unpaired) electrons. The summed E-state index contributed by atoms with van der Waals surface area (Å²) in [5.74, 6) is 1.32. The molecule has 0 aliphatic carbocycles. The predicted octanol–water partition coefficient (Wildman–Crippen LogP) is 3.28. The Morgan fingerprint density at radius 1 is 1.33 bits per heavy atom. The van der Waals surface area contributed by atoms with Gasteiger partial charge in [-0.3, -0.25) is 0 Å². The summed E-state index contributed by atoms with van der Waals surface area (Å²) in [5, 5.41) is 13.5. The van der Waals surface area contributed by atoms with Crippen LogP contribution >= 0.6 is 24.0 Å². The highest BCUT2D eigenvalue weighted by Crippen LogP contribution is 2.25. The van der Waals surface area contributed by atoms with Crippen molar-refractivity contribution >= 4 is 29.9 Å². The van der Waals surface area contributed by atoms with E-state index in [1.165, 1.54) is 11.1 Å². The van der Waals surface area contributed by atoms with E-state index in [0.29, 0.717) is 12.4 Å². The van der Waals surface area contributed by atoms with E-state index >= 15 is 0 Å². The summed E-state index contributed by atoms with van der Waals surface area (Å²) in [4.78, 5) is 6.80. The number of aliphatic hydroxyl groups excluding tert-OH is 1. The van der Waals surface area contributed by atoms with Crippen molar-refractivity contribution in [2.45, 2.75) is 26.1 Å². The van der Waals surface area contributed by atoms with Gasteiger partial charge >= 0.3 is 0 Å². The Labute approximate surface area is 177 Å². The molecule has 2 unspecified atom stereocenters. The van der Waals surface area contributed by atoms with Gasteiger partial charge in [0.05, 0.1) is 26.0 Å². The topological polar surface area (TPSA) is 70.2 Å². The van der Waals surface area contributed by atoms with Crippen LogP contribution in [-0.2, 0) is 4.74 Å². The van der Waals surface area contributed by atoms with Crippen LogP contribution in [-0.4, -0.2) is 48.8 Å². The molecule has 1 fully saturated rings. The molecule has 2 aromatic rings. The maximum absolute atomic E-state index is 10.2. The van der Waals surface area contributed by atoms with E-state index < -0.39 is 6.10 Å². The third-order valence-electron chi connectivity index (χ3n) is 4.52. The van der Waals surface area contributed by atoms with Gasteiger partial charge in [-0.1, -0.05) is 24.3 Å². The second-order valence-corrected chi connectivity index (χ2v) is 6.39. The first-order valence-corrected chi connectivity index (χ1v) is 9.11. The van der Waals surface area contributed by atoms with Gasteiger partial charge < -0.3 is 24.5 Å². The number of guanidine groups is 1. The molecule has 1 aromatic heterocycles. The second kappa shape index (κ2) is 10.7. The number of halogens is 1. The molecule has 0 amide bonds. The standard InChI is InChI=1S/C20H27N3O3.HI/c1-3-21-20(22-13-17(24)18-9-6-11-25-18)23-10-12-26-19(14-23)16-8-5-4-7-15(16)2;/h4-9,11,17,19,24H,3,10,12-14H2,1-2H3,(H,21,22);1H. The van der Waals surface area contributed by atoms with Crippen LogP contribution in [0.5, 0.6) is 0 Å². The third kappa shape index (κ3) is 5.70. The van der Waals surface area contributed by atoms with Gasteiger partial charge in [-0.05, 0) is 37.1 Å². The number of benzene rings is 1. The zero-order valence-corrected chi connectivity index (χ0v) is 18.1. The van der Waals surface area contributed by atoms with Crippen molar-refractivity contribution < 1.29 is 14.3 Å². The molecule has 148 valence electrons. The van der Waals surface area contributed by atoms with Crippen LogP contribution in [0.2, 0.25) is 0 Å². The van der Waals surface area contributed by atoms with Crippen LogP contribution in [0, 0.1) is 6.92 Å².